The van der Waals surface area contributed by atoms with Crippen LogP contribution in [0, 0.1) is 0 Å². The molecule has 1 aromatic rings. The minimum absolute atomic E-state index is 0.0236. The first-order valence-electron chi connectivity index (χ1n) is 11.8. The van der Waals surface area contributed by atoms with E-state index in [2.05, 4.69) is 66.0 Å². The van der Waals surface area contributed by atoms with Gasteiger partial charge in [-0.1, -0.05) is 6.07 Å². The number of benzene rings is 1. The van der Waals surface area contributed by atoms with Crippen molar-refractivity contribution in [3.05, 3.63) is 29.3 Å². The van der Waals surface area contributed by atoms with E-state index in [4.69, 9.17) is 9.47 Å². The summed E-state index contributed by atoms with van der Waals surface area (Å²) in [6, 6.07) is 4.52. The molecule has 7 nitrogen and oxygen atoms in total. The monoisotopic (exact) mass is 460 g/mol. The number of phenolic OH excluding ortho intramolecular Hbond substituents is 1. The highest BCUT2D eigenvalue weighted by atomic mass is 16.5. The van der Waals surface area contributed by atoms with Gasteiger partial charge in [0.05, 0.1) is 0 Å². The summed E-state index contributed by atoms with van der Waals surface area (Å²) < 4.78 is 11.5. The number of phenols is 1. The van der Waals surface area contributed by atoms with Crippen molar-refractivity contribution in [1.82, 2.24) is 10.6 Å². The third-order valence-electron chi connectivity index (χ3n) is 6.33. The second-order valence-electron chi connectivity index (χ2n) is 12.4. The summed E-state index contributed by atoms with van der Waals surface area (Å²) >= 11 is 0. The Kier molecular flexibility index (Phi) is 6.63. The number of para-hydroxylation sites is 1. The molecule has 0 aromatic heterocycles. The average Bonchev–Trinajstić information content (AvgIpc) is 2.55. The van der Waals surface area contributed by atoms with Crippen LogP contribution in [0.4, 0.5) is 0 Å². The SMILES string of the molecule is CC1(C)CC(OC(=O)c2cccc(C(=O)OC3CC(C)(C)NC(C)(C)C3)c2O)CC(C)(C)N1. The molecule has 184 valence electrons. The molecule has 0 atom stereocenters. The minimum atomic E-state index is -0.634. The molecule has 7 heteroatoms. The van der Waals surface area contributed by atoms with Crippen molar-refractivity contribution in [2.24, 2.45) is 0 Å². The second kappa shape index (κ2) is 8.58. The van der Waals surface area contributed by atoms with Gasteiger partial charge in [-0.15, -0.1) is 0 Å². The van der Waals surface area contributed by atoms with E-state index in [-0.39, 0.29) is 45.5 Å². The molecule has 0 bridgehead atoms. The van der Waals surface area contributed by atoms with Gasteiger partial charge >= 0.3 is 11.9 Å². The minimum Gasteiger partial charge on any atom is -0.506 e. The van der Waals surface area contributed by atoms with Gasteiger partial charge in [-0.05, 0) is 67.5 Å². The van der Waals surface area contributed by atoms with Crippen molar-refractivity contribution in [3.8, 4) is 5.75 Å². The number of esters is 2. The smallest absolute Gasteiger partial charge is 0.342 e. The van der Waals surface area contributed by atoms with Crippen LogP contribution in [0.5, 0.6) is 5.75 Å². The predicted molar refractivity (Wildman–Crippen MR) is 128 cm³/mol. The molecular weight excluding hydrogens is 420 g/mol. The predicted octanol–water partition coefficient (Wildman–Crippen LogP) is 4.32. The molecule has 0 unspecified atom stereocenters. The molecule has 1 aromatic carbocycles. The van der Waals surface area contributed by atoms with Gasteiger partial charge in [0.2, 0.25) is 0 Å². The van der Waals surface area contributed by atoms with Crippen LogP contribution in [0.25, 0.3) is 0 Å². The summed E-state index contributed by atoms with van der Waals surface area (Å²) in [5.74, 6) is -1.66. The van der Waals surface area contributed by atoms with E-state index in [0.29, 0.717) is 25.7 Å². The van der Waals surface area contributed by atoms with Crippen LogP contribution >= 0.6 is 0 Å². The largest absolute Gasteiger partial charge is 0.506 e. The van der Waals surface area contributed by atoms with Crippen LogP contribution in [-0.4, -0.2) is 51.4 Å². The van der Waals surface area contributed by atoms with Gasteiger partial charge < -0.3 is 25.2 Å². The maximum Gasteiger partial charge on any atom is 0.342 e. The molecule has 33 heavy (non-hydrogen) atoms. The van der Waals surface area contributed by atoms with Gasteiger partial charge in [0, 0.05) is 47.8 Å². The highest BCUT2D eigenvalue weighted by molar-refractivity contribution is 6.00. The summed E-state index contributed by atoms with van der Waals surface area (Å²) in [5.41, 5.74) is -0.782. The summed E-state index contributed by atoms with van der Waals surface area (Å²) in [7, 11) is 0. The fraction of sp³-hybridized carbons (Fsp3) is 0.692. The number of hydrogen-bond donors (Lipinski definition) is 3. The number of carbonyl (C=O) groups excluding carboxylic acids is 2. The zero-order chi connectivity index (χ0) is 24.8. The molecule has 2 aliphatic heterocycles. The van der Waals surface area contributed by atoms with E-state index >= 15 is 0 Å². The zero-order valence-corrected chi connectivity index (χ0v) is 21.3. The summed E-state index contributed by atoms with van der Waals surface area (Å²) in [6.07, 6.45) is 2.05. The average molecular weight is 461 g/mol. The first-order valence-corrected chi connectivity index (χ1v) is 11.8. The van der Waals surface area contributed by atoms with E-state index in [0.717, 1.165) is 0 Å². The summed E-state index contributed by atoms with van der Waals surface area (Å²) in [5, 5.41) is 17.9. The molecular formula is C26H40N2O5. The lowest BCUT2D eigenvalue weighted by molar-refractivity contribution is -0.00684. The van der Waals surface area contributed by atoms with Crippen molar-refractivity contribution in [2.75, 3.05) is 0 Å². The van der Waals surface area contributed by atoms with Crippen LogP contribution < -0.4 is 10.6 Å². The number of rotatable bonds is 4. The maximum atomic E-state index is 12.9. The standard InChI is InChI=1S/C26H40N2O5/c1-23(2)12-16(13-24(3,4)27-23)32-21(30)18-10-9-11-19(20(18)29)22(31)33-17-14-25(5,6)28-26(7,8)15-17/h9-11,16-17,27-29H,12-15H2,1-8H3. The van der Waals surface area contributed by atoms with Crippen molar-refractivity contribution in [3.63, 3.8) is 0 Å². The van der Waals surface area contributed by atoms with Crippen molar-refractivity contribution < 1.29 is 24.2 Å². The Morgan fingerprint density at radius 1 is 0.727 bits per heavy atom. The highest BCUT2D eigenvalue weighted by Gasteiger charge is 2.41. The first-order chi connectivity index (χ1) is 15.0. The van der Waals surface area contributed by atoms with Gasteiger partial charge in [0.25, 0.3) is 0 Å². The first kappa shape index (κ1) is 25.5. The van der Waals surface area contributed by atoms with Crippen molar-refractivity contribution >= 4 is 11.9 Å². The van der Waals surface area contributed by atoms with Crippen molar-refractivity contribution in [2.45, 2.75) is 115 Å². The lowest BCUT2D eigenvalue weighted by atomic mass is 9.81. The number of hydrogen-bond acceptors (Lipinski definition) is 7. The van der Waals surface area contributed by atoms with E-state index < -0.39 is 17.7 Å². The zero-order valence-electron chi connectivity index (χ0n) is 21.3. The third kappa shape index (κ3) is 6.48. The Morgan fingerprint density at radius 3 is 1.33 bits per heavy atom. The normalized spacial score (nSPS) is 24.1. The summed E-state index contributed by atoms with van der Waals surface area (Å²) in [4.78, 5) is 25.9. The van der Waals surface area contributed by atoms with Gasteiger partial charge in [0.15, 0.2) is 0 Å². The van der Waals surface area contributed by atoms with Crippen LogP contribution in [0.1, 0.15) is 102 Å². The fourth-order valence-corrected chi connectivity index (χ4v) is 5.93. The van der Waals surface area contributed by atoms with Crippen LogP contribution in [0.15, 0.2) is 18.2 Å². The number of carbonyl (C=O) groups is 2. The number of ether oxygens (including phenoxy) is 2. The Morgan fingerprint density at radius 2 is 1.03 bits per heavy atom. The van der Waals surface area contributed by atoms with Gasteiger partial charge in [0.1, 0.15) is 29.1 Å². The number of nitrogens with one attached hydrogen (secondary N) is 2. The maximum absolute atomic E-state index is 12.9. The Labute approximate surface area is 197 Å². The Balaban J connectivity index is 1.73. The number of aromatic hydroxyl groups is 1. The topological polar surface area (TPSA) is 96.9 Å². The molecule has 3 N–H and O–H groups in total. The molecule has 0 spiro atoms. The highest BCUT2D eigenvalue weighted by Crippen LogP contribution is 2.34. The molecule has 0 amide bonds. The van der Waals surface area contributed by atoms with E-state index in [9.17, 15) is 14.7 Å². The molecule has 2 fully saturated rings. The van der Waals surface area contributed by atoms with Gasteiger partial charge in [-0.3, -0.25) is 0 Å². The van der Waals surface area contributed by atoms with Gasteiger partial charge in [-0.25, -0.2) is 9.59 Å². The molecule has 2 aliphatic rings. The number of piperidine rings is 2. The van der Waals surface area contributed by atoms with E-state index in [1.165, 1.54) is 12.1 Å². The lowest BCUT2D eigenvalue weighted by Crippen LogP contribution is -2.59. The van der Waals surface area contributed by atoms with Gasteiger partial charge in [-0.2, -0.15) is 0 Å². The van der Waals surface area contributed by atoms with Crippen LogP contribution in [0.3, 0.4) is 0 Å². The fourth-order valence-electron chi connectivity index (χ4n) is 5.93. The van der Waals surface area contributed by atoms with E-state index in [1.54, 1.807) is 6.07 Å². The molecule has 2 heterocycles. The lowest BCUT2D eigenvalue weighted by Gasteiger charge is -2.45. The van der Waals surface area contributed by atoms with Crippen LogP contribution in [0.2, 0.25) is 0 Å². The molecule has 0 saturated carbocycles. The third-order valence-corrected chi connectivity index (χ3v) is 6.33. The molecule has 2 saturated heterocycles. The Hall–Kier alpha value is -2.12. The summed E-state index contributed by atoms with van der Waals surface area (Å²) in [6.45, 7) is 16.6. The molecule has 0 radical (unpaired) electrons. The Bertz CT molecular complexity index is 817. The van der Waals surface area contributed by atoms with E-state index in [1.807, 2.05) is 0 Å². The van der Waals surface area contributed by atoms with Crippen molar-refractivity contribution in [1.29, 1.82) is 0 Å². The second-order valence-corrected chi connectivity index (χ2v) is 12.4. The molecule has 0 aliphatic carbocycles. The van der Waals surface area contributed by atoms with Crippen LogP contribution in [-0.2, 0) is 9.47 Å². The molecule has 3 rings (SSSR count). The quantitative estimate of drug-likeness (QED) is 0.576.